The second-order valence-electron chi connectivity index (χ2n) is 8.80. The molecule has 172 valence electrons. The van der Waals surface area contributed by atoms with Gasteiger partial charge in [0.1, 0.15) is 17.7 Å². The molecule has 0 spiro atoms. The molecule has 0 radical (unpaired) electrons. The fraction of sp³-hybridized carbons (Fsp3) is 0.500. The predicted molar refractivity (Wildman–Crippen MR) is 129 cm³/mol. The van der Waals surface area contributed by atoms with Gasteiger partial charge in [-0.05, 0) is 67.9 Å². The summed E-state index contributed by atoms with van der Waals surface area (Å²) in [5.41, 5.74) is 3.67. The van der Waals surface area contributed by atoms with Crippen molar-refractivity contribution in [2.75, 3.05) is 25.1 Å². The number of nitrogens with one attached hydrogen (secondary N) is 1. The molecule has 0 bridgehead atoms. The number of rotatable bonds is 8. The van der Waals surface area contributed by atoms with Gasteiger partial charge in [0.2, 0.25) is 0 Å². The number of carbonyl (C=O) groups excluding carboxylic acids is 1. The van der Waals surface area contributed by atoms with Crippen LogP contribution in [0.4, 0.5) is 5.69 Å². The molecule has 4 atom stereocenters. The summed E-state index contributed by atoms with van der Waals surface area (Å²) in [4.78, 5) is 14.3. The monoisotopic (exact) mass is 456 g/mol. The first kappa shape index (κ1) is 22.9. The summed E-state index contributed by atoms with van der Waals surface area (Å²) < 4.78 is 11.1. The van der Waals surface area contributed by atoms with E-state index in [1.54, 1.807) is 6.92 Å². The Labute approximate surface area is 196 Å². The summed E-state index contributed by atoms with van der Waals surface area (Å²) in [5.74, 6) is 1.02. The van der Waals surface area contributed by atoms with Crippen LogP contribution in [-0.4, -0.2) is 48.2 Å². The SMILES string of the molecule is CCOC(=O)C(Cl)Cc1ccc(OC[C@@H]2CCCN2C2CC(C)c3ccccc3N2)cc1. The summed E-state index contributed by atoms with van der Waals surface area (Å²) in [6, 6.07) is 16.9. The maximum atomic E-state index is 11.7. The molecule has 5 nitrogen and oxygen atoms in total. The fourth-order valence-electron chi connectivity index (χ4n) is 4.86. The molecule has 0 aromatic heterocycles. The summed E-state index contributed by atoms with van der Waals surface area (Å²) >= 11 is 6.15. The molecule has 2 aromatic carbocycles. The molecule has 2 aliphatic rings. The van der Waals surface area contributed by atoms with Crippen LogP contribution in [0.15, 0.2) is 48.5 Å². The van der Waals surface area contributed by atoms with Crippen LogP contribution >= 0.6 is 11.6 Å². The molecule has 0 amide bonds. The Kier molecular flexibility index (Phi) is 7.59. The molecule has 1 fully saturated rings. The Hall–Kier alpha value is -2.24. The van der Waals surface area contributed by atoms with Gasteiger partial charge in [-0.2, -0.15) is 0 Å². The van der Waals surface area contributed by atoms with Gasteiger partial charge in [0.05, 0.1) is 12.8 Å². The minimum atomic E-state index is -0.663. The standard InChI is InChI=1S/C26H33ClN2O3/c1-3-31-26(30)23(27)16-19-10-12-21(13-11-19)32-17-20-7-6-14-29(20)25-15-18(2)22-8-4-5-9-24(22)28-25/h4-5,8-13,18,20,23,25,28H,3,6-7,14-17H2,1-2H3/t18?,20-,23?,25?/m0/s1. The number of nitrogens with zero attached hydrogens (tertiary/aromatic N) is 1. The normalized spacial score (nSPS) is 23.8. The third-order valence-corrected chi connectivity index (χ3v) is 6.87. The van der Waals surface area contributed by atoms with E-state index in [4.69, 9.17) is 21.1 Å². The van der Waals surface area contributed by atoms with Crippen molar-refractivity contribution in [3.05, 3.63) is 59.7 Å². The van der Waals surface area contributed by atoms with Gasteiger partial charge in [0.15, 0.2) is 0 Å². The van der Waals surface area contributed by atoms with Gasteiger partial charge < -0.3 is 14.8 Å². The van der Waals surface area contributed by atoms with E-state index in [-0.39, 0.29) is 5.97 Å². The highest BCUT2D eigenvalue weighted by Crippen LogP contribution is 2.36. The Bertz CT molecular complexity index is 904. The molecular formula is C26H33ClN2O3. The molecule has 6 heteroatoms. The number of alkyl halides is 1. The molecular weight excluding hydrogens is 424 g/mol. The first-order valence-electron chi connectivity index (χ1n) is 11.7. The lowest BCUT2D eigenvalue weighted by Gasteiger charge is -2.39. The van der Waals surface area contributed by atoms with E-state index in [0.717, 1.165) is 30.7 Å². The summed E-state index contributed by atoms with van der Waals surface area (Å²) in [7, 11) is 0. The number of para-hydroxylation sites is 1. The van der Waals surface area contributed by atoms with Crippen molar-refractivity contribution < 1.29 is 14.3 Å². The largest absolute Gasteiger partial charge is 0.492 e. The molecule has 1 saturated heterocycles. The quantitative estimate of drug-likeness (QED) is 0.437. The van der Waals surface area contributed by atoms with Gasteiger partial charge in [-0.1, -0.05) is 37.3 Å². The number of fused-ring (bicyclic) bond motifs is 1. The lowest BCUT2D eigenvalue weighted by Crippen LogP contribution is -2.48. The molecule has 2 heterocycles. The van der Waals surface area contributed by atoms with E-state index in [2.05, 4.69) is 41.4 Å². The molecule has 32 heavy (non-hydrogen) atoms. The van der Waals surface area contributed by atoms with Crippen molar-refractivity contribution in [2.24, 2.45) is 0 Å². The van der Waals surface area contributed by atoms with Crippen molar-refractivity contribution >= 4 is 23.3 Å². The molecule has 1 N–H and O–H groups in total. The zero-order chi connectivity index (χ0) is 22.5. The summed E-state index contributed by atoms with van der Waals surface area (Å²) in [6.07, 6.45) is 4.26. The fourth-order valence-corrected chi connectivity index (χ4v) is 5.10. The summed E-state index contributed by atoms with van der Waals surface area (Å²) in [5, 5.41) is 3.10. The Balaban J connectivity index is 1.31. The van der Waals surface area contributed by atoms with Crippen molar-refractivity contribution in [1.29, 1.82) is 0 Å². The number of hydrogen-bond donors (Lipinski definition) is 1. The Morgan fingerprint density at radius 1 is 1.22 bits per heavy atom. The summed E-state index contributed by atoms with van der Waals surface area (Å²) in [6.45, 7) is 6.22. The van der Waals surface area contributed by atoms with Crippen LogP contribution in [0.5, 0.6) is 5.75 Å². The second kappa shape index (κ2) is 10.6. The van der Waals surface area contributed by atoms with Gasteiger partial charge >= 0.3 is 5.97 Å². The van der Waals surface area contributed by atoms with E-state index in [1.807, 2.05) is 24.3 Å². The molecule has 2 aromatic rings. The van der Waals surface area contributed by atoms with Crippen LogP contribution in [0.2, 0.25) is 0 Å². The topological polar surface area (TPSA) is 50.8 Å². The third-order valence-electron chi connectivity index (χ3n) is 6.54. The zero-order valence-corrected chi connectivity index (χ0v) is 19.7. The van der Waals surface area contributed by atoms with Crippen molar-refractivity contribution in [2.45, 2.75) is 63.0 Å². The smallest absolute Gasteiger partial charge is 0.324 e. The molecule has 0 saturated carbocycles. The lowest BCUT2D eigenvalue weighted by molar-refractivity contribution is -0.142. The van der Waals surface area contributed by atoms with E-state index in [9.17, 15) is 4.79 Å². The molecule has 0 aliphatic carbocycles. The number of anilines is 1. The van der Waals surface area contributed by atoms with E-state index in [0.29, 0.717) is 37.8 Å². The molecule has 4 rings (SSSR count). The zero-order valence-electron chi connectivity index (χ0n) is 18.9. The van der Waals surface area contributed by atoms with Crippen LogP contribution in [0.25, 0.3) is 0 Å². The highest BCUT2D eigenvalue weighted by atomic mass is 35.5. The first-order valence-corrected chi connectivity index (χ1v) is 12.1. The maximum Gasteiger partial charge on any atom is 0.324 e. The highest BCUT2D eigenvalue weighted by molar-refractivity contribution is 6.30. The average molecular weight is 457 g/mol. The van der Waals surface area contributed by atoms with Gasteiger partial charge in [0.25, 0.3) is 0 Å². The number of esters is 1. The van der Waals surface area contributed by atoms with Gasteiger partial charge in [0, 0.05) is 18.3 Å². The van der Waals surface area contributed by atoms with Gasteiger partial charge in [-0.15, -0.1) is 11.6 Å². The number of benzene rings is 2. The van der Waals surface area contributed by atoms with E-state index < -0.39 is 5.38 Å². The second-order valence-corrected chi connectivity index (χ2v) is 9.32. The number of halogens is 1. The van der Waals surface area contributed by atoms with Crippen LogP contribution < -0.4 is 10.1 Å². The van der Waals surface area contributed by atoms with Crippen molar-refractivity contribution in [3.63, 3.8) is 0 Å². The number of carbonyl (C=O) groups is 1. The first-order chi connectivity index (χ1) is 15.5. The lowest BCUT2D eigenvalue weighted by atomic mass is 9.90. The van der Waals surface area contributed by atoms with E-state index >= 15 is 0 Å². The van der Waals surface area contributed by atoms with Gasteiger partial charge in [-0.3, -0.25) is 9.69 Å². The van der Waals surface area contributed by atoms with Crippen molar-refractivity contribution in [3.8, 4) is 5.75 Å². The maximum absolute atomic E-state index is 11.7. The number of hydrogen-bond acceptors (Lipinski definition) is 5. The van der Waals surface area contributed by atoms with Crippen LogP contribution in [-0.2, 0) is 16.0 Å². The minimum Gasteiger partial charge on any atom is -0.492 e. The average Bonchev–Trinajstić information content (AvgIpc) is 3.27. The number of ether oxygens (including phenoxy) is 2. The minimum absolute atomic E-state index is 0.342. The predicted octanol–water partition coefficient (Wildman–Crippen LogP) is 5.19. The molecule has 2 aliphatic heterocycles. The Morgan fingerprint density at radius 2 is 2.00 bits per heavy atom. The van der Waals surface area contributed by atoms with Crippen LogP contribution in [0.3, 0.4) is 0 Å². The van der Waals surface area contributed by atoms with E-state index in [1.165, 1.54) is 17.7 Å². The Morgan fingerprint density at radius 3 is 2.78 bits per heavy atom. The van der Waals surface area contributed by atoms with Crippen molar-refractivity contribution in [1.82, 2.24) is 4.90 Å². The van der Waals surface area contributed by atoms with Gasteiger partial charge in [-0.25, -0.2) is 0 Å². The third kappa shape index (κ3) is 5.38. The van der Waals surface area contributed by atoms with Crippen LogP contribution in [0, 0.1) is 0 Å². The highest BCUT2D eigenvalue weighted by Gasteiger charge is 2.34. The van der Waals surface area contributed by atoms with Crippen LogP contribution in [0.1, 0.15) is 50.2 Å². The molecule has 3 unspecified atom stereocenters. The number of likely N-dealkylation sites (tertiary alicyclic amines) is 1.